The van der Waals surface area contributed by atoms with Gasteiger partial charge in [-0.1, -0.05) is 23.2 Å². The Hall–Kier alpha value is -0.970. The average molecular weight is 357 g/mol. The van der Waals surface area contributed by atoms with Gasteiger partial charge in [0.05, 0.1) is 16.6 Å². The third-order valence-corrected chi connectivity index (χ3v) is 5.31. The van der Waals surface area contributed by atoms with E-state index in [0.717, 1.165) is 45.3 Å². The first kappa shape index (κ1) is 16.9. The van der Waals surface area contributed by atoms with Gasteiger partial charge in [0.25, 0.3) is 0 Å². The standard InChI is InChI=1S/C17H22Cl2N2O2/c18-15-4-3-13(10-16(15)19)23-14-2-1-9-21(11-14)17(22)12-5-7-20-8-6-12/h3-4,10,12,14,20H,1-2,5-9,11H2. The average Bonchev–Trinajstić information content (AvgIpc) is 2.58. The molecule has 1 aromatic carbocycles. The molecule has 3 rings (SSSR count). The lowest BCUT2D eigenvalue weighted by atomic mass is 9.95. The molecule has 2 fully saturated rings. The van der Waals surface area contributed by atoms with E-state index in [4.69, 9.17) is 27.9 Å². The summed E-state index contributed by atoms with van der Waals surface area (Å²) in [7, 11) is 0. The zero-order chi connectivity index (χ0) is 16.2. The fourth-order valence-electron chi connectivity index (χ4n) is 3.30. The minimum absolute atomic E-state index is 0.0201. The van der Waals surface area contributed by atoms with Gasteiger partial charge < -0.3 is 15.0 Å². The van der Waals surface area contributed by atoms with Crippen molar-refractivity contribution in [3.8, 4) is 5.75 Å². The third-order valence-electron chi connectivity index (χ3n) is 4.57. The van der Waals surface area contributed by atoms with Gasteiger partial charge in [0, 0.05) is 18.5 Å². The number of amides is 1. The number of rotatable bonds is 3. The molecular weight excluding hydrogens is 335 g/mol. The number of ether oxygens (including phenoxy) is 1. The van der Waals surface area contributed by atoms with Crippen LogP contribution in [0.2, 0.25) is 10.0 Å². The van der Waals surface area contributed by atoms with Crippen molar-refractivity contribution in [1.82, 2.24) is 10.2 Å². The maximum absolute atomic E-state index is 12.7. The summed E-state index contributed by atoms with van der Waals surface area (Å²) in [5, 5.41) is 4.31. The van der Waals surface area contributed by atoms with Crippen LogP contribution in [0.3, 0.4) is 0 Å². The molecule has 0 radical (unpaired) electrons. The van der Waals surface area contributed by atoms with Crippen molar-refractivity contribution in [2.45, 2.75) is 31.8 Å². The number of piperidine rings is 2. The zero-order valence-electron chi connectivity index (χ0n) is 13.1. The Morgan fingerprint density at radius 1 is 1.17 bits per heavy atom. The number of likely N-dealkylation sites (tertiary alicyclic amines) is 1. The highest BCUT2D eigenvalue weighted by molar-refractivity contribution is 6.42. The molecule has 2 aliphatic heterocycles. The summed E-state index contributed by atoms with van der Waals surface area (Å²) in [5.74, 6) is 1.16. The Bertz CT molecular complexity index is 562. The van der Waals surface area contributed by atoms with Gasteiger partial charge in [0.2, 0.25) is 5.91 Å². The molecule has 1 unspecified atom stereocenters. The van der Waals surface area contributed by atoms with Crippen LogP contribution in [-0.2, 0) is 4.79 Å². The van der Waals surface area contributed by atoms with Crippen LogP contribution in [0.15, 0.2) is 18.2 Å². The van der Waals surface area contributed by atoms with Crippen LogP contribution in [-0.4, -0.2) is 43.1 Å². The monoisotopic (exact) mass is 356 g/mol. The molecule has 2 saturated heterocycles. The minimum Gasteiger partial charge on any atom is -0.489 e. The van der Waals surface area contributed by atoms with E-state index in [1.807, 2.05) is 11.0 Å². The maximum atomic E-state index is 12.7. The molecule has 1 amide bonds. The van der Waals surface area contributed by atoms with E-state index in [-0.39, 0.29) is 17.9 Å². The number of hydrogen-bond acceptors (Lipinski definition) is 3. The van der Waals surface area contributed by atoms with Gasteiger partial charge in [-0.05, 0) is 50.9 Å². The number of carbonyl (C=O) groups is 1. The molecular formula is C17H22Cl2N2O2. The van der Waals surface area contributed by atoms with Crippen LogP contribution in [0.4, 0.5) is 0 Å². The molecule has 0 saturated carbocycles. The summed E-state index contributed by atoms with van der Waals surface area (Å²) < 4.78 is 6.01. The van der Waals surface area contributed by atoms with Crippen molar-refractivity contribution in [3.63, 3.8) is 0 Å². The predicted octanol–water partition coefficient (Wildman–Crippen LogP) is 3.36. The van der Waals surface area contributed by atoms with E-state index in [1.54, 1.807) is 12.1 Å². The zero-order valence-corrected chi connectivity index (χ0v) is 14.6. The van der Waals surface area contributed by atoms with E-state index < -0.39 is 0 Å². The molecule has 23 heavy (non-hydrogen) atoms. The Morgan fingerprint density at radius 3 is 2.70 bits per heavy atom. The highest BCUT2D eigenvalue weighted by Crippen LogP contribution is 2.28. The number of hydrogen-bond donors (Lipinski definition) is 1. The Morgan fingerprint density at radius 2 is 1.96 bits per heavy atom. The van der Waals surface area contributed by atoms with Crippen LogP contribution in [0.1, 0.15) is 25.7 Å². The second kappa shape index (κ2) is 7.73. The minimum atomic E-state index is 0.0201. The van der Waals surface area contributed by atoms with Crippen LogP contribution >= 0.6 is 23.2 Å². The van der Waals surface area contributed by atoms with Gasteiger partial charge in [-0.2, -0.15) is 0 Å². The van der Waals surface area contributed by atoms with Crippen molar-refractivity contribution in [2.24, 2.45) is 5.92 Å². The number of nitrogens with zero attached hydrogens (tertiary/aromatic N) is 1. The normalized spacial score (nSPS) is 22.9. The largest absolute Gasteiger partial charge is 0.489 e. The van der Waals surface area contributed by atoms with Gasteiger partial charge in [-0.15, -0.1) is 0 Å². The smallest absolute Gasteiger partial charge is 0.225 e. The highest BCUT2D eigenvalue weighted by Gasteiger charge is 2.30. The molecule has 1 N–H and O–H groups in total. The third kappa shape index (κ3) is 4.31. The summed E-state index contributed by atoms with van der Waals surface area (Å²) >= 11 is 12.0. The number of carbonyl (C=O) groups excluding carboxylic acids is 1. The van der Waals surface area contributed by atoms with Crippen molar-refractivity contribution in [2.75, 3.05) is 26.2 Å². The topological polar surface area (TPSA) is 41.6 Å². The quantitative estimate of drug-likeness (QED) is 0.902. The van der Waals surface area contributed by atoms with Crippen LogP contribution in [0.25, 0.3) is 0 Å². The van der Waals surface area contributed by atoms with Gasteiger partial charge in [-0.3, -0.25) is 4.79 Å². The lowest BCUT2D eigenvalue weighted by molar-refractivity contribution is -0.139. The van der Waals surface area contributed by atoms with E-state index in [2.05, 4.69) is 5.32 Å². The summed E-state index contributed by atoms with van der Waals surface area (Å²) in [5.41, 5.74) is 0. The first-order valence-electron chi connectivity index (χ1n) is 8.24. The second-order valence-electron chi connectivity index (χ2n) is 6.27. The molecule has 126 valence electrons. The SMILES string of the molecule is O=C(C1CCNCC1)N1CCCC(Oc2ccc(Cl)c(Cl)c2)C1. The van der Waals surface area contributed by atoms with Crippen molar-refractivity contribution in [1.29, 1.82) is 0 Å². The maximum Gasteiger partial charge on any atom is 0.225 e. The van der Waals surface area contributed by atoms with E-state index in [1.165, 1.54) is 0 Å². The van der Waals surface area contributed by atoms with E-state index in [0.29, 0.717) is 22.3 Å². The number of halogens is 2. The Labute approximate surface area is 147 Å². The molecule has 0 spiro atoms. The van der Waals surface area contributed by atoms with Gasteiger partial charge >= 0.3 is 0 Å². The number of benzene rings is 1. The summed E-state index contributed by atoms with van der Waals surface area (Å²) in [6.45, 7) is 3.37. The van der Waals surface area contributed by atoms with Crippen LogP contribution in [0, 0.1) is 5.92 Å². The van der Waals surface area contributed by atoms with Crippen LogP contribution in [0.5, 0.6) is 5.75 Å². The van der Waals surface area contributed by atoms with Crippen molar-refractivity contribution >= 4 is 29.1 Å². The first-order valence-corrected chi connectivity index (χ1v) is 9.00. The summed E-state index contributed by atoms with van der Waals surface area (Å²) in [6.07, 6.45) is 3.83. The fraction of sp³-hybridized carbons (Fsp3) is 0.588. The lowest BCUT2D eigenvalue weighted by Gasteiger charge is -2.36. The fourth-order valence-corrected chi connectivity index (χ4v) is 3.59. The molecule has 1 aromatic rings. The summed E-state index contributed by atoms with van der Waals surface area (Å²) in [6, 6.07) is 5.29. The molecule has 0 bridgehead atoms. The second-order valence-corrected chi connectivity index (χ2v) is 7.08. The number of nitrogens with one attached hydrogen (secondary N) is 1. The molecule has 1 atom stereocenters. The Kier molecular flexibility index (Phi) is 5.67. The Balaban J connectivity index is 1.59. The van der Waals surface area contributed by atoms with Crippen molar-refractivity contribution in [3.05, 3.63) is 28.2 Å². The molecule has 4 nitrogen and oxygen atoms in total. The molecule has 2 aliphatic rings. The summed E-state index contributed by atoms with van der Waals surface area (Å²) in [4.78, 5) is 14.6. The van der Waals surface area contributed by atoms with Crippen LogP contribution < -0.4 is 10.1 Å². The molecule has 0 aromatic heterocycles. The molecule has 0 aliphatic carbocycles. The molecule has 6 heteroatoms. The first-order chi connectivity index (χ1) is 11.1. The van der Waals surface area contributed by atoms with Gasteiger partial charge in [0.1, 0.15) is 11.9 Å². The van der Waals surface area contributed by atoms with Gasteiger partial charge in [-0.25, -0.2) is 0 Å². The molecule has 2 heterocycles. The highest BCUT2D eigenvalue weighted by atomic mass is 35.5. The lowest BCUT2D eigenvalue weighted by Crippen LogP contribution is -2.48. The predicted molar refractivity (Wildman–Crippen MR) is 92.3 cm³/mol. The van der Waals surface area contributed by atoms with Gasteiger partial charge in [0.15, 0.2) is 0 Å². The van der Waals surface area contributed by atoms with Crippen molar-refractivity contribution < 1.29 is 9.53 Å². The van der Waals surface area contributed by atoms with E-state index in [9.17, 15) is 4.79 Å². The van der Waals surface area contributed by atoms with E-state index >= 15 is 0 Å².